The van der Waals surface area contributed by atoms with Crippen LogP contribution in [0.5, 0.6) is 5.75 Å². The van der Waals surface area contributed by atoms with Crippen molar-refractivity contribution < 1.29 is 9.66 Å². The maximum atomic E-state index is 10.8. The van der Waals surface area contributed by atoms with Gasteiger partial charge in [0.05, 0.1) is 18.1 Å². The molecule has 2 rings (SSSR count). The topological polar surface area (TPSA) is 64.4 Å². The highest BCUT2D eigenvalue weighted by atomic mass is 32.1. The summed E-state index contributed by atoms with van der Waals surface area (Å²) in [6.07, 6.45) is 0. The second-order valence-electron chi connectivity index (χ2n) is 4.04. The van der Waals surface area contributed by atoms with Crippen LogP contribution in [0, 0.1) is 17.0 Å². The van der Waals surface area contributed by atoms with E-state index in [1.165, 1.54) is 29.0 Å². The molecule has 0 saturated heterocycles. The number of ether oxygens (including phenoxy) is 1. The molecule has 2 aromatic rings. The monoisotopic (exact) mass is 278 g/mol. The summed E-state index contributed by atoms with van der Waals surface area (Å²) in [7, 11) is 1.49. The van der Waals surface area contributed by atoms with Crippen LogP contribution >= 0.6 is 11.3 Å². The van der Waals surface area contributed by atoms with Gasteiger partial charge in [-0.15, -0.1) is 11.3 Å². The van der Waals surface area contributed by atoms with Gasteiger partial charge in [0.15, 0.2) is 0 Å². The van der Waals surface area contributed by atoms with Gasteiger partial charge in [-0.2, -0.15) is 0 Å². The van der Waals surface area contributed by atoms with Crippen molar-refractivity contribution in [1.29, 1.82) is 0 Å². The molecule has 1 heterocycles. The summed E-state index contributed by atoms with van der Waals surface area (Å²) in [5.41, 5.74) is 0.696. The molecule has 0 bridgehead atoms. The number of rotatable bonds is 5. The highest BCUT2D eigenvalue weighted by Gasteiger charge is 2.10. The van der Waals surface area contributed by atoms with E-state index in [1.54, 1.807) is 17.4 Å². The van der Waals surface area contributed by atoms with Gasteiger partial charge in [-0.1, -0.05) is 0 Å². The highest BCUT2D eigenvalue weighted by molar-refractivity contribution is 7.11. The number of non-ortho nitro benzene ring substituents is 1. The standard InChI is InChI=1S/C13H14N2O3S/c1-9-3-4-13(19-9)8-14-10-5-11(15(16)17)7-12(6-10)18-2/h3-7,14H,8H2,1-2H3. The molecule has 0 aliphatic carbocycles. The van der Waals surface area contributed by atoms with Crippen molar-refractivity contribution in [3.8, 4) is 5.75 Å². The Morgan fingerprint density at radius 3 is 2.74 bits per heavy atom. The van der Waals surface area contributed by atoms with Crippen LogP contribution in [0.1, 0.15) is 9.75 Å². The molecular weight excluding hydrogens is 264 g/mol. The van der Waals surface area contributed by atoms with Gasteiger partial charge in [0.2, 0.25) is 0 Å². The Labute approximate surface area is 115 Å². The SMILES string of the molecule is COc1cc(NCc2ccc(C)s2)cc([N+](=O)[O-])c1. The van der Waals surface area contributed by atoms with Crippen molar-refractivity contribution >= 4 is 22.7 Å². The van der Waals surface area contributed by atoms with Crippen LogP contribution in [0.3, 0.4) is 0 Å². The average molecular weight is 278 g/mol. The first kappa shape index (κ1) is 13.4. The molecule has 19 heavy (non-hydrogen) atoms. The van der Waals surface area contributed by atoms with E-state index in [1.807, 2.05) is 13.0 Å². The molecule has 0 radical (unpaired) electrons. The number of methoxy groups -OCH3 is 1. The number of nitro groups is 1. The van der Waals surface area contributed by atoms with Crippen LogP contribution in [0.4, 0.5) is 11.4 Å². The molecule has 0 fully saturated rings. The number of aryl methyl sites for hydroxylation is 1. The Morgan fingerprint density at radius 2 is 2.16 bits per heavy atom. The number of hydrogen-bond donors (Lipinski definition) is 1. The van der Waals surface area contributed by atoms with E-state index in [-0.39, 0.29) is 5.69 Å². The molecule has 0 unspecified atom stereocenters. The average Bonchev–Trinajstić information content (AvgIpc) is 2.81. The van der Waals surface area contributed by atoms with Crippen molar-refractivity contribution in [2.45, 2.75) is 13.5 Å². The zero-order chi connectivity index (χ0) is 13.8. The molecule has 1 N–H and O–H groups in total. The van der Waals surface area contributed by atoms with Crippen LogP contribution < -0.4 is 10.1 Å². The first-order valence-electron chi connectivity index (χ1n) is 5.71. The lowest BCUT2D eigenvalue weighted by atomic mass is 10.2. The fourth-order valence-electron chi connectivity index (χ4n) is 1.68. The van der Waals surface area contributed by atoms with E-state index in [9.17, 15) is 10.1 Å². The van der Waals surface area contributed by atoms with Gasteiger partial charge in [-0.3, -0.25) is 10.1 Å². The van der Waals surface area contributed by atoms with Gasteiger partial charge in [-0.25, -0.2) is 0 Å². The summed E-state index contributed by atoms with van der Waals surface area (Å²) in [6, 6.07) is 8.74. The second kappa shape index (κ2) is 5.71. The van der Waals surface area contributed by atoms with Crippen LogP contribution in [0.25, 0.3) is 0 Å². The third kappa shape index (κ3) is 3.45. The van der Waals surface area contributed by atoms with E-state index in [0.29, 0.717) is 18.0 Å². The largest absolute Gasteiger partial charge is 0.496 e. The predicted octanol–water partition coefficient (Wildman–Crippen LogP) is 3.59. The molecule has 0 amide bonds. The molecule has 0 atom stereocenters. The summed E-state index contributed by atoms with van der Waals surface area (Å²) >= 11 is 1.70. The van der Waals surface area contributed by atoms with E-state index in [4.69, 9.17) is 4.74 Å². The minimum Gasteiger partial charge on any atom is -0.496 e. The van der Waals surface area contributed by atoms with Gasteiger partial charge in [0.1, 0.15) is 5.75 Å². The summed E-state index contributed by atoms with van der Waals surface area (Å²) in [5.74, 6) is 0.471. The molecule has 0 aliphatic rings. The lowest BCUT2D eigenvalue weighted by Gasteiger charge is -2.07. The van der Waals surface area contributed by atoms with E-state index < -0.39 is 4.92 Å². The number of benzene rings is 1. The molecule has 0 aliphatic heterocycles. The minimum absolute atomic E-state index is 0.0178. The van der Waals surface area contributed by atoms with Crippen molar-refractivity contribution in [3.63, 3.8) is 0 Å². The number of nitrogens with one attached hydrogen (secondary N) is 1. The Balaban J connectivity index is 2.15. The van der Waals surface area contributed by atoms with Gasteiger partial charge in [0, 0.05) is 34.1 Å². The van der Waals surface area contributed by atoms with Gasteiger partial charge < -0.3 is 10.1 Å². The number of thiophene rings is 1. The highest BCUT2D eigenvalue weighted by Crippen LogP contribution is 2.26. The van der Waals surface area contributed by atoms with E-state index >= 15 is 0 Å². The second-order valence-corrected chi connectivity index (χ2v) is 5.42. The Bertz CT molecular complexity index is 595. The van der Waals surface area contributed by atoms with Crippen LogP contribution in [-0.2, 0) is 6.54 Å². The number of nitrogens with zero attached hydrogens (tertiary/aromatic N) is 1. The molecule has 100 valence electrons. The lowest BCUT2D eigenvalue weighted by molar-refractivity contribution is -0.384. The van der Waals surface area contributed by atoms with Gasteiger partial charge in [0.25, 0.3) is 5.69 Å². The van der Waals surface area contributed by atoms with Gasteiger partial charge >= 0.3 is 0 Å². The molecular formula is C13H14N2O3S. The number of hydrogen-bond acceptors (Lipinski definition) is 5. The maximum Gasteiger partial charge on any atom is 0.275 e. The smallest absolute Gasteiger partial charge is 0.275 e. The zero-order valence-corrected chi connectivity index (χ0v) is 11.5. The quantitative estimate of drug-likeness (QED) is 0.670. The molecule has 1 aromatic heterocycles. The number of anilines is 1. The fourth-order valence-corrected chi connectivity index (χ4v) is 2.51. The van der Waals surface area contributed by atoms with Gasteiger partial charge in [-0.05, 0) is 19.1 Å². The van der Waals surface area contributed by atoms with Crippen LogP contribution in [0.15, 0.2) is 30.3 Å². The third-order valence-electron chi connectivity index (χ3n) is 2.60. The molecule has 0 spiro atoms. The molecule has 6 heteroatoms. The van der Waals surface area contributed by atoms with Crippen LogP contribution in [-0.4, -0.2) is 12.0 Å². The van der Waals surface area contributed by atoms with E-state index in [0.717, 1.165) is 0 Å². The maximum absolute atomic E-state index is 10.8. The van der Waals surface area contributed by atoms with Crippen LogP contribution in [0.2, 0.25) is 0 Å². The number of nitro benzene ring substituents is 1. The fraction of sp³-hybridized carbons (Fsp3) is 0.231. The normalized spacial score (nSPS) is 10.2. The van der Waals surface area contributed by atoms with Crippen molar-refractivity contribution in [1.82, 2.24) is 0 Å². The van der Waals surface area contributed by atoms with Crippen molar-refractivity contribution in [2.24, 2.45) is 0 Å². The summed E-state index contributed by atoms with van der Waals surface area (Å²) in [6.45, 7) is 2.69. The first-order valence-corrected chi connectivity index (χ1v) is 6.53. The van der Waals surface area contributed by atoms with Crippen molar-refractivity contribution in [2.75, 3.05) is 12.4 Å². The Kier molecular flexibility index (Phi) is 4.01. The van der Waals surface area contributed by atoms with E-state index in [2.05, 4.69) is 11.4 Å². The minimum atomic E-state index is -0.428. The Hall–Kier alpha value is -2.08. The molecule has 0 saturated carbocycles. The first-order chi connectivity index (χ1) is 9.08. The Morgan fingerprint density at radius 1 is 1.37 bits per heavy atom. The molecule has 5 nitrogen and oxygen atoms in total. The summed E-state index contributed by atoms with van der Waals surface area (Å²) in [4.78, 5) is 12.8. The molecule has 1 aromatic carbocycles. The summed E-state index contributed by atoms with van der Waals surface area (Å²) < 4.78 is 5.06. The predicted molar refractivity (Wildman–Crippen MR) is 76.0 cm³/mol. The lowest BCUT2D eigenvalue weighted by Crippen LogP contribution is -1.99. The zero-order valence-electron chi connectivity index (χ0n) is 10.7. The summed E-state index contributed by atoms with van der Waals surface area (Å²) in [5, 5.41) is 14.0. The third-order valence-corrected chi connectivity index (χ3v) is 3.60. The van der Waals surface area contributed by atoms with Crippen molar-refractivity contribution in [3.05, 3.63) is 50.2 Å².